The molecule has 164 valence electrons. The number of tetrazole rings is 1. The average Bonchev–Trinajstić information content (AvgIpc) is 3.44. The van der Waals surface area contributed by atoms with Gasteiger partial charge in [0.05, 0.1) is 31.3 Å². The third-order valence-corrected chi connectivity index (χ3v) is 5.76. The van der Waals surface area contributed by atoms with E-state index in [9.17, 15) is 4.79 Å². The highest BCUT2D eigenvalue weighted by molar-refractivity contribution is 7.99. The number of aromatic nitrogens is 6. The summed E-state index contributed by atoms with van der Waals surface area (Å²) in [6.45, 7) is 4.55. The van der Waals surface area contributed by atoms with Gasteiger partial charge >= 0.3 is 0 Å². The lowest BCUT2D eigenvalue weighted by atomic mass is 10.1. The summed E-state index contributed by atoms with van der Waals surface area (Å²) in [5.74, 6) is 1.42. The SMILES string of the molecule is COc1ccc(Cn2nccc2NC(=O)CSc2nnnn2-c2cc(C)ccc2C)cc1. The molecule has 0 atom stereocenters. The monoisotopic (exact) mass is 449 g/mol. The standard InChI is InChI=1S/C22H23N7O2S/c1-15-4-5-16(2)19(12-15)29-22(25-26-27-29)32-14-21(30)24-20-10-11-23-28(20)13-17-6-8-18(31-3)9-7-17/h4-12H,13-14H2,1-3H3,(H,24,30). The second-order valence-corrected chi connectivity index (χ2v) is 8.16. The summed E-state index contributed by atoms with van der Waals surface area (Å²) in [6, 6.07) is 15.6. The van der Waals surface area contributed by atoms with Crippen molar-refractivity contribution in [1.82, 2.24) is 30.0 Å². The molecular formula is C22H23N7O2S. The Morgan fingerprint density at radius 3 is 2.72 bits per heavy atom. The maximum absolute atomic E-state index is 12.6. The molecule has 0 radical (unpaired) electrons. The van der Waals surface area contributed by atoms with Gasteiger partial charge in [-0.1, -0.05) is 36.0 Å². The number of nitrogens with one attached hydrogen (secondary N) is 1. The number of carbonyl (C=O) groups is 1. The molecule has 0 aliphatic rings. The van der Waals surface area contributed by atoms with Gasteiger partial charge in [-0.05, 0) is 59.2 Å². The number of thioether (sulfide) groups is 1. The fourth-order valence-corrected chi connectivity index (χ4v) is 3.83. The van der Waals surface area contributed by atoms with Crippen molar-refractivity contribution < 1.29 is 9.53 Å². The van der Waals surface area contributed by atoms with Crippen molar-refractivity contribution in [3.8, 4) is 11.4 Å². The normalized spacial score (nSPS) is 10.8. The van der Waals surface area contributed by atoms with Crippen LogP contribution in [0.2, 0.25) is 0 Å². The predicted molar refractivity (Wildman–Crippen MR) is 122 cm³/mol. The number of ether oxygens (including phenoxy) is 1. The fraction of sp³-hybridized carbons (Fsp3) is 0.227. The molecule has 0 saturated heterocycles. The van der Waals surface area contributed by atoms with Gasteiger partial charge in [0.1, 0.15) is 11.6 Å². The Bertz CT molecular complexity index is 1220. The van der Waals surface area contributed by atoms with Crippen molar-refractivity contribution in [2.45, 2.75) is 25.5 Å². The van der Waals surface area contributed by atoms with Crippen LogP contribution < -0.4 is 10.1 Å². The largest absolute Gasteiger partial charge is 0.497 e. The van der Waals surface area contributed by atoms with Crippen LogP contribution in [0.3, 0.4) is 0 Å². The topological polar surface area (TPSA) is 99.8 Å². The zero-order valence-corrected chi connectivity index (χ0v) is 18.8. The minimum absolute atomic E-state index is 0.165. The molecule has 0 fully saturated rings. The van der Waals surface area contributed by atoms with Crippen LogP contribution in [0.25, 0.3) is 5.69 Å². The van der Waals surface area contributed by atoms with E-state index < -0.39 is 0 Å². The number of amides is 1. The molecule has 2 aromatic carbocycles. The van der Waals surface area contributed by atoms with E-state index in [-0.39, 0.29) is 11.7 Å². The lowest BCUT2D eigenvalue weighted by Gasteiger charge is -2.10. The number of nitrogens with zero attached hydrogens (tertiary/aromatic N) is 6. The van der Waals surface area contributed by atoms with Gasteiger partial charge in [0.15, 0.2) is 0 Å². The average molecular weight is 450 g/mol. The van der Waals surface area contributed by atoms with Crippen LogP contribution >= 0.6 is 11.8 Å². The first-order chi connectivity index (χ1) is 15.5. The highest BCUT2D eigenvalue weighted by atomic mass is 32.2. The van der Waals surface area contributed by atoms with Gasteiger partial charge in [-0.25, -0.2) is 4.68 Å². The molecule has 4 rings (SSSR count). The van der Waals surface area contributed by atoms with E-state index in [4.69, 9.17) is 4.74 Å². The highest BCUT2D eigenvalue weighted by Gasteiger charge is 2.14. The van der Waals surface area contributed by atoms with Crippen molar-refractivity contribution in [3.63, 3.8) is 0 Å². The lowest BCUT2D eigenvalue weighted by molar-refractivity contribution is -0.113. The molecule has 0 aliphatic heterocycles. The Balaban J connectivity index is 1.39. The molecule has 9 nitrogen and oxygen atoms in total. The molecule has 0 aliphatic carbocycles. The quantitative estimate of drug-likeness (QED) is 0.412. The smallest absolute Gasteiger partial charge is 0.235 e. The highest BCUT2D eigenvalue weighted by Crippen LogP contribution is 2.22. The van der Waals surface area contributed by atoms with Gasteiger partial charge in [0.25, 0.3) is 0 Å². The molecule has 1 N–H and O–H groups in total. The van der Waals surface area contributed by atoms with Crippen molar-refractivity contribution in [2.75, 3.05) is 18.2 Å². The molecule has 10 heteroatoms. The summed E-state index contributed by atoms with van der Waals surface area (Å²) in [4.78, 5) is 12.6. The molecule has 0 unspecified atom stereocenters. The van der Waals surface area contributed by atoms with E-state index in [1.165, 1.54) is 11.8 Å². The molecule has 2 heterocycles. The van der Waals surface area contributed by atoms with Crippen LogP contribution in [-0.2, 0) is 11.3 Å². The zero-order chi connectivity index (χ0) is 22.5. The number of aryl methyl sites for hydroxylation is 2. The zero-order valence-electron chi connectivity index (χ0n) is 18.0. The van der Waals surface area contributed by atoms with E-state index >= 15 is 0 Å². The number of carbonyl (C=O) groups excluding carboxylic acids is 1. The third-order valence-electron chi connectivity index (χ3n) is 4.84. The van der Waals surface area contributed by atoms with E-state index in [0.29, 0.717) is 17.5 Å². The summed E-state index contributed by atoms with van der Waals surface area (Å²) in [6.07, 6.45) is 1.66. The maximum atomic E-state index is 12.6. The maximum Gasteiger partial charge on any atom is 0.235 e. The van der Waals surface area contributed by atoms with Crippen LogP contribution in [0, 0.1) is 13.8 Å². The van der Waals surface area contributed by atoms with Gasteiger partial charge < -0.3 is 10.1 Å². The van der Waals surface area contributed by atoms with E-state index in [1.54, 1.807) is 28.7 Å². The molecule has 0 bridgehead atoms. The van der Waals surface area contributed by atoms with Crippen molar-refractivity contribution in [2.24, 2.45) is 0 Å². The molecule has 2 aromatic heterocycles. The first-order valence-electron chi connectivity index (χ1n) is 9.97. The van der Waals surface area contributed by atoms with E-state index in [1.807, 2.05) is 56.3 Å². The minimum Gasteiger partial charge on any atom is -0.497 e. The Labute approximate surface area is 189 Å². The molecular weight excluding hydrogens is 426 g/mol. The van der Waals surface area contributed by atoms with E-state index in [0.717, 1.165) is 28.1 Å². The van der Waals surface area contributed by atoms with Crippen LogP contribution in [0.1, 0.15) is 16.7 Å². The van der Waals surface area contributed by atoms with Gasteiger partial charge in [-0.15, -0.1) is 5.10 Å². The molecule has 0 spiro atoms. The Morgan fingerprint density at radius 2 is 1.94 bits per heavy atom. The summed E-state index contributed by atoms with van der Waals surface area (Å²) in [5, 5.41) is 19.7. The molecule has 32 heavy (non-hydrogen) atoms. The number of methoxy groups -OCH3 is 1. The second-order valence-electron chi connectivity index (χ2n) is 7.22. The van der Waals surface area contributed by atoms with Crippen LogP contribution in [0.5, 0.6) is 5.75 Å². The third kappa shape index (κ3) is 4.97. The number of hydrogen-bond acceptors (Lipinski definition) is 7. The fourth-order valence-electron chi connectivity index (χ4n) is 3.15. The molecule has 1 amide bonds. The first kappa shape index (κ1) is 21.6. The van der Waals surface area contributed by atoms with Gasteiger partial charge in [0, 0.05) is 6.07 Å². The Hall–Kier alpha value is -3.66. The molecule has 4 aromatic rings. The van der Waals surface area contributed by atoms with Crippen LogP contribution in [0.15, 0.2) is 59.9 Å². The first-order valence-corrected chi connectivity index (χ1v) is 11.0. The summed E-state index contributed by atoms with van der Waals surface area (Å²) >= 11 is 1.28. The van der Waals surface area contributed by atoms with Crippen LogP contribution in [-0.4, -0.2) is 48.8 Å². The minimum atomic E-state index is -0.165. The summed E-state index contributed by atoms with van der Waals surface area (Å²) < 4.78 is 8.59. The number of hydrogen-bond donors (Lipinski definition) is 1. The molecule has 0 saturated carbocycles. The Morgan fingerprint density at radius 1 is 1.12 bits per heavy atom. The summed E-state index contributed by atoms with van der Waals surface area (Å²) in [5.41, 5.74) is 4.11. The summed E-state index contributed by atoms with van der Waals surface area (Å²) in [7, 11) is 1.63. The number of anilines is 1. The van der Waals surface area contributed by atoms with Gasteiger partial charge in [0.2, 0.25) is 11.1 Å². The number of rotatable bonds is 8. The predicted octanol–water partition coefficient (Wildman–Crippen LogP) is 3.26. The van der Waals surface area contributed by atoms with E-state index in [2.05, 4.69) is 25.9 Å². The van der Waals surface area contributed by atoms with Crippen molar-refractivity contribution in [1.29, 1.82) is 0 Å². The van der Waals surface area contributed by atoms with Crippen molar-refractivity contribution >= 4 is 23.5 Å². The van der Waals surface area contributed by atoms with Gasteiger partial charge in [-0.2, -0.15) is 9.78 Å². The van der Waals surface area contributed by atoms with Gasteiger partial charge in [-0.3, -0.25) is 4.79 Å². The second kappa shape index (κ2) is 9.65. The lowest BCUT2D eigenvalue weighted by Crippen LogP contribution is -2.18. The number of benzene rings is 2. The Kier molecular flexibility index (Phi) is 6.50. The van der Waals surface area contributed by atoms with Crippen molar-refractivity contribution in [3.05, 3.63) is 71.4 Å². The van der Waals surface area contributed by atoms with Crippen LogP contribution in [0.4, 0.5) is 5.82 Å².